The Balaban J connectivity index is 2.07. The van der Waals surface area contributed by atoms with Gasteiger partial charge in [0.2, 0.25) is 5.75 Å². The van der Waals surface area contributed by atoms with E-state index in [1.54, 1.807) is 30.1 Å². The molecule has 0 bridgehead atoms. The van der Waals surface area contributed by atoms with Crippen LogP contribution in [0.4, 0.5) is 0 Å². The van der Waals surface area contributed by atoms with Crippen molar-refractivity contribution in [3.63, 3.8) is 0 Å². The summed E-state index contributed by atoms with van der Waals surface area (Å²) >= 11 is 0. The third-order valence-corrected chi connectivity index (χ3v) is 4.83. The molecule has 0 N–H and O–H groups in total. The number of piperazine rings is 1. The predicted molar refractivity (Wildman–Crippen MR) is 102 cm³/mol. The first-order valence-electron chi connectivity index (χ1n) is 9.43. The molecule has 7 nitrogen and oxygen atoms in total. The van der Waals surface area contributed by atoms with Gasteiger partial charge in [-0.1, -0.05) is 26.2 Å². The van der Waals surface area contributed by atoms with Gasteiger partial charge in [-0.3, -0.25) is 9.59 Å². The number of carbonyl (C=O) groups excluding carboxylic acids is 2. The van der Waals surface area contributed by atoms with Crippen LogP contribution < -0.4 is 14.2 Å². The first-order valence-corrected chi connectivity index (χ1v) is 9.43. The van der Waals surface area contributed by atoms with E-state index in [4.69, 9.17) is 14.2 Å². The van der Waals surface area contributed by atoms with E-state index in [-0.39, 0.29) is 6.54 Å². The fourth-order valence-corrected chi connectivity index (χ4v) is 3.30. The van der Waals surface area contributed by atoms with Crippen LogP contribution in [0.3, 0.4) is 0 Å². The van der Waals surface area contributed by atoms with Gasteiger partial charge in [-0.05, 0) is 18.6 Å². The Bertz CT molecular complexity index is 662. The van der Waals surface area contributed by atoms with Gasteiger partial charge in [0.05, 0.1) is 27.9 Å². The minimum Gasteiger partial charge on any atom is -0.493 e. The minimum atomic E-state index is -0.464. The summed E-state index contributed by atoms with van der Waals surface area (Å²) < 4.78 is 16.1. The van der Waals surface area contributed by atoms with E-state index in [0.29, 0.717) is 36.9 Å². The lowest BCUT2D eigenvalue weighted by molar-refractivity contribution is -0.156. The molecule has 1 aromatic carbocycles. The summed E-state index contributed by atoms with van der Waals surface area (Å²) in [5.74, 6) is 0.660. The number of ether oxygens (including phenoxy) is 3. The van der Waals surface area contributed by atoms with Crippen LogP contribution in [-0.4, -0.2) is 62.6 Å². The molecule has 0 radical (unpaired) electrons. The van der Waals surface area contributed by atoms with Crippen molar-refractivity contribution in [3.8, 4) is 17.2 Å². The Kier molecular flexibility index (Phi) is 7.76. The summed E-state index contributed by atoms with van der Waals surface area (Å²) in [6.07, 6.45) is 4.33. The van der Waals surface area contributed by atoms with Gasteiger partial charge in [-0.2, -0.15) is 0 Å². The zero-order valence-electron chi connectivity index (χ0n) is 16.7. The van der Waals surface area contributed by atoms with E-state index in [1.165, 1.54) is 7.11 Å². The van der Waals surface area contributed by atoms with Crippen molar-refractivity contribution in [2.24, 2.45) is 0 Å². The Morgan fingerprint density at radius 1 is 0.852 bits per heavy atom. The van der Waals surface area contributed by atoms with E-state index < -0.39 is 11.8 Å². The van der Waals surface area contributed by atoms with Crippen molar-refractivity contribution in [1.29, 1.82) is 0 Å². The van der Waals surface area contributed by atoms with E-state index in [0.717, 1.165) is 31.2 Å². The summed E-state index contributed by atoms with van der Waals surface area (Å²) in [5.41, 5.74) is 0.771. The second-order valence-corrected chi connectivity index (χ2v) is 6.57. The molecule has 1 aliphatic heterocycles. The van der Waals surface area contributed by atoms with Crippen molar-refractivity contribution in [2.75, 3.05) is 41.0 Å². The molecule has 0 aromatic heterocycles. The molecule has 2 rings (SSSR count). The van der Waals surface area contributed by atoms with Crippen LogP contribution in [0.25, 0.3) is 0 Å². The largest absolute Gasteiger partial charge is 0.493 e. The van der Waals surface area contributed by atoms with Gasteiger partial charge in [-0.15, -0.1) is 0 Å². The molecule has 1 aromatic rings. The third-order valence-electron chi connectivity index (χ3n) is 4.83. The Hall–Kier alpha value is -2.44. The number of rotatable bonds is 10. The molecule has 1 aliphatic rings. The summed E-state index contributed by atoms with van der Waals surface area (Å²) in [6, 6.07) is 3.60. The molecule has 0 atom stereocenters. The molecule has 0 aliphatic carbocycles. The van der Waals surface area contributed by atoms with Crippen molar-refractivity contribution < 1.29 is 23.8 Å². The van der Waals surface area contributed by atoms with Crippen molar-refractivity contribution in [1.82, 2.24) is 9.80 Å². The molecule has 1 fully saturated rings. The van der Waals surface area contributed by atoms with Crippen LogP contribution in [-0.2, 0) is 16.1 Å². The summed E-state index contributed by atoms with van der Waals surface area (Å²) in [7, 11) is 4.64. The first kappa shape index (κ1) is 20.9. The molecule has 2 amide bonds. The molecule has 0 saturated carbocycles. The highest BCUT2D eigenvalue weighted by Gasteiger charge is 2.33. The average Bonchev–Trinajstić information content (AvgIpc) is 2.69. The number of nitrogens with zero attached hydrogens (tertiary/aromatic N) is 2. The fraction of sp³-hybridized carbons (Fsp3) is 0.600. The standard InChI is InChI=1S/C20H30N2O5/c1-5-6-7-8-11-21-12-13-22(20(24)19(21)23)14-15-9-10-16(25-2)18(27-4)17(15)26-3/h9-10H,5-8,11-14H2,1-4H3. The molecular formula is C20H30N2O5. The zero-order valence-corrected chi connectivity index (χ0v) is 16.7. The maximum Gasteiger partial charge on any atom is 0.312 e. The first-order chi connectivity index (χ1) is 13.1. The second-order valence-electron chi connectivity index (χ2n) is 6.57. The van der Waals surface area contributed by atoms with Crippen molar-refractivity contribution in [2.45, 2.75) is 39.2 Å². The number of amides is 2. The van der Waals surface area contributed by atoms with Gasteiger partial charge < -0.3 is 24.0 Å². The molecule has 0 spiro atoms. The van der Waals surface area contributed by atoms with Crippen molar-refractivity contribution >= 4 is 11.8 Å². The van der Waals surface area contributed by atoms with E-state index in [9.17, 15) is 9.59 Å². The second kappa shape index (κ2) is 10.0. The predicted octanol–water partition coefficient (Wildman–Crippen LogP) is 2.46. The quantitative estimate of drug-likeness (QED) is 0.462. The monoisotopic (exact) mass is 378 g/mol. The third kappa shape index (κ3) is 4.84. The van der Waals surface area contributed by atoms with Gasteiger partial charge in [0.25, 0.3) is 0 Å². The van der Waals surface area contributed by atoms with Gasteiger partial charge >= 0.3 is 11.8 Å². The SMILES string of the molecule is CCCCCCN1CCN(Cc2ccc(OC)c(OC)c2OC)C(=O)C1=O. The molecule has 1 heterocycles. The van der Waals surface area contributed by atoms with Crippen LogP contribution in [0.1, 0.15) is 38.2 Å². The highest BCUT2D eigenvalue weighted by Crippen LogP contribution is 2.40. The Morgan fingerprint density at radius 2 is 1.52 bits per heavy atom. The number of methoxy groups -OCH3 is 3. The number of hydrogen-bond acceptors (Lipinski definition) is 5. The molecule has 150 valence electrons. The lowest BCUT2D eigenvalue weighted by atomic mass is 10.1. The summed E-state index contributed by atoms with van der Waals surface area (Å²) in [6.45, 7) is 4.16. The molecule has 27 heavy (non-hydrogen) atoms. The summed E-state index contributed by atoms with van der Waals surface area (Å²) in [5, 5.41) is 0. The lowest BCUT2D eigenvalue weighted by Crippen LogP contribution is -2.54. The molecular weight excluding hydrogens is 348 g/mol. The van der Waals surface area contributed by atoms with Crippen LogP contribution in [0.15, 0.2) is 12.1 Å². The van der Waals surface area contributed by atoms with Crippen LogP contribution >= 0.6 is 0 Å². The van der Waals surface area contributed by atoms with E-state index in [2.05, 4.69) is 6.92 Å². The highest BCUT2D eigenvalue weighted by atomic mass is 16.5. The highest BCUT2D eigenvalue weighted by molar-refractivity contribution is 6.35. The lowest BCUT2D eigenvalue weighted by Gasteiger charge is -2.34. The van der Waals surface area contributed by atoms with Gasteiger partial charge in [0.15, 0.2) is 11.5 Å². The molecule has 7 heteroatoms. The van der Waals surface area contributed by atoms with Crippen molar-refractivity contribution in [3.05, 3.63) is 17.7 Å². The van der Waals surface area contributed by atoms with Gasteiger partial charge in [0, 0.05) is 25.2 Å². The number of hydrogen-bond donors (Lipinski definition) is 0. The van der Waals surface area contributed by atoms with Crippen LogP contribution in [0, 0.1) is 0 Å². The van der Waals surface area contributed by atoms with E-state index in [1.807, 2.05) is 6.07 Å². The topological polar surface area (TPSA) is 68.3 Å². The summed E-state index contributed by atoms with van der Waals surface area (Å²) in [4.78, 5) is 28.2. The zero-order chi connectivity index (χ0) is 19.8. The maximum atomic E-state index is 12.5. The Labute approximate surface area is 161 Å². The minimum absolute atomic E-state index is 0.289. The average molecular weight is 378 g/mol. The van der Waals surface area contributed by atoms with Crippen LogP contribution in [0.2, 0.25) is 0 Å². The Morgan fingerprint density at radius 3 is 2.15 bits per heavy atom. The van der Waals surface area contributed by atoms with E-state index >= 15 is 0 Å². The number of carbonyl (C=O) groups is 2. The number of benzene rings is 1. The molecule has 1 saturated heterocycles. The maximum absolute atomic E-state index is 12.5. The normalized spacial score (nSPS) is 14.5. The molecule has 0 unspecified atom stereocenters. The van der Waals surface area contributed by atoms with Gasteiger partial charge in [0.1, 0.15) is 0 Å². The fourth-order valence-electron chi connectivity index (χ4n) is 3.30. The van der Waals surface area contributed by atoms with Crippen LogP contribution in [0.5, 0.6) is 17.2 Å². The number of unbranched alkanes of at least 4 members (excludes halogenated alkanes) is 3. The smallest absolute Gasteiger partial charge is 0.312 e. The van der Waals surface area contributed by atoms with Gasteiger partial charge in [-0.25, -0.2) is 0 Å².